The molecule has 1 aromatic carbocycles. The van der Waals surface area contributed by atoms with Gasteiger partial charge in [0.15, 0.2) is 5.78 Å². The van der Waals surface area contributed by atoms with Crippen LogP contribution in [-0.4, -0.2) is 17.4 Å². The van der Waals surface area contributed by atoms with Crippen LogP contribution in [0.5, 0.6) is 5.75 Å². The molecule has 0 radical (unpaired) electrons. The summed E-state index contributed by atoms with van der Waals surface area (Å²) < 4.78 is 5.37. The van der Waals surface area contributed by atoms with Crippen molar-refractivity contribution in [2.75, 3.05) is 6.61 Å². The highest BCUT2D eigenvalue weighted by Gasteiger charge is 2.07. The van der Waals surface area contributed by atoms with Crippen LogP contribution in [0, 0.1) is 0 Å². The van der Waals surface area contributed by atoms with Gasteiger partial charge in [0, 0.05) is 10.9 Å². The van der Waals surface area contributed by atoms with E-state index in [4.69, 9.17) is 4.74 Å². The van der Waals surface area contributed by atoms with E-state index in [9.17, 15) is 9.59 Å². The van der Waals surface area contributed by atoms with Crippen LogP contribution >= 0.6 is 0 Å². The Balaban J connectivity index is 2.64. The number of aromatic amines is 1. The predicted octanol–water partition coefficient (Wildman–Crippen LogP) is 2.13. The zero-order valence-corrected chi connectivity index (χ0v) is 9.74. The first-order chi connectivity index (χ1) is 8.11. The molecule has 0 saturated carbocycles. The molecule has 0 amide bonds. The number of carbonyl (C=O) groups excluding carboxylic acids is 1. The number of ketones is 1. The fourth-order valence-electron chi connectivity index (χ4n) is 1.70. The number of hydrogen-bond acceptors (Lipinski definition) is 3. The number of benzene rings is 1. The Hall–Kier alpha value is -2.10. The van der Waals surface area contributed by atoms with Crippen molar-refractivity contribution >= 4 is 16.7 Å². The molecule has 0 fully saturated rings. The molecule has 0 aliphatic rings. The molecule has 0 bridgehead atoms. The number of fused-ring (bicyclic) bond motifs is 1. The lowest BCUT2D eigenvalue weighted by atomic mass is 10.1. The third-order valence-electron chi connectivity index (χ3n) is 2.51. The highest BCUT2D eigenvalue weighted by molar-refractivity contribution is 5.97. The number of carbonyl (C=O) groups is 1. The molecule has 0 saturated heterocycles. The van der Waals surface area contributed by atoms with E-state index in [1.54, 1.807) is 24.3 Å². The largest absolute Gasteiger partial charge is 0.494 e. The van der Waals surface area contributed by atoms with Crippen molar-refractivity contribution < 1.29 is 9.53 Å². The number of H-pyrrole nitrogens is 1. The third kappa shape index (κ3) is 2.20. The molecular formula is C13H13NO3. The summed E-state index contributed by atoms with van der Waals surface area (Å²) >= 11 is 0. The predicted molar refractivity (Wildman–Crippen MR) is 65.7 cm³/mol. The third-order valence-corrected chi connectivity index (χ3v) is 2.51. The Morgan fingerprint density at radius 3 is 2.76 bits per heavy atom. The van der Waals surface area contributed by atoms with Crippen LogP contribution in [0.2, 0.25) is 0 Å². The first-order valence-electron chi connectivity index (χ1n) is 5.42. The maximum Gasteiger partial charge on any atom is 0.259 e. The Labute approximate surface area is 98.2 Å². The topological polar surface area (TPSA) is 59.2 Å². The van der Waals surface area contributed by atoms with Gasteiger partial charge in [-0.15, -0.1) is 0 Å². The summed E-state index contributed by atoms with van der Waals surface area (Å²) in [5.74, 6) is 0.483. The molecule has 0 spiro atoms. The molecule has 2 rings (SSSR count). The molecule has 1 N–H and O–H groups in total. The summed E-state index contributed by atoms with van der Waals surface area (Å²) in [5.41, 5.74) is 0.517. The van der Waals surface area contributed by atoms with Gasteiger partial charge < -0.3 is 9.72 Å². The fourth-order valence-corrected chi connectivity index (χ4v) is 1.70. The Morgan fingerprint density at radius 2 is 2.12 bits per heavy atom. The van der Waals surface area contributed by atoms with E-state index in [0.717, 1.165) is 11.1 Å². The van der Waals surface area contributed by atoms with Gasteiger partial charge in [-0.05, 0) is 38.1 Å². The first kappa shape index (κ1) is 11.4. The molecule has 2 aromatic rings. The average molecular weight is 231 g/mol. The standard InChI is InChI=1S/C13H13NO3/c1-3-17-10-4-5-12-9(6-10)7-11(8(2)15)13(16)14-12/h4-7H,3H2,1-2H3,(H,14,16). The number of hydrogen-bond donors (Lipinski definition) is 1. The lowest BCUT2D eigenvalue weighted by Gasteiger charge is -2.05. The van der Waals surface area contributed by atoms with Gasteiger partial charge in [-0.2, -0.15) is 0 Å². The van der Waals surface area contributed by atoms with Crippen LogP contribution in [0.4, 0.5) is 0 Å². The molecule has 1 aromatic heterocycles. The van der Waals surface area contributed by atoms with E-state index in [-0.39, 0.29) is 16.9 Å². The van der Waals surface area contributed by atoms with Gasteiger partial charge in [-0.3, -0.25) is 9.59 Å². The number of nitrogens with one attached hydrogen (secondary N) is 1. The molecule has 88 valence electrons. The summed E-state index contributed by atoms with van der Waals surface area (Å²) in [5, 5.41) is 0.792. The molecule has 4 heteroatoms. The van der Waals surface area contributed by atoms with Crippen molar-refractivity contribution in [3.63, 3.8) is 0 Å². The molecular weight excluding hydrogens is 218 g/mol. The van der Waals surface area contributed by atoms with E-state index in [2.05, 4.69) is 4.98 Å². The second kappa shape index (κ2) is 4.41. The van der Waals surface area contributed by atoms with Crippen molar-refractivity contribution in [3.8, 4) is 5.75 Å². The van der Waals surface area contributed by atoms with Crippen LogP contribution in [0.1, 0.15) is 24.2 Å². The second-order valence-corrected chi connectivity index (χ2v) is 3.75. The molecule has 1 heterocycles. The van der Waals surface area contributed by atoms with Crippen molar-refractivity contribution in [1.82, 2.24) is 4.98 Å². The van der Waals surface area contributed by atoms with Crippen LogP contribution in [0.15, 0.2) is 29.1 Å². The van der Waals surface area contributed by atoms with Gasteiger partial charge in [0.25, 0.3) is 5.56 Å². The van der Waals surface area contributed by atoms with Gasteiger partial charge in [-0.1, -0.05) is 0 Å². The van der Waals surface area contributed by atoms with Crippen molar-refractivity contribution in [1.29, 1.82) is 0 Å². The Morgan fingerprint density at radius 1 is 1.35 bits per heavy atom. The van der Waals surface area contributed by atoms with Gasteiger partial charge in [0.05, 0.1) is 12.2 Å². The lowest BCUT2D eigenvalue weighted by Crippen LogP contribution is -2.15. The zero-order valence-electron chi connectivity index (χ0n) is 9.74. The Bertz CT molecular complexity index is 628. The minimum atomic E-state index is -0.353. The van der Waals surface area contributed by atoms with Gasteiger partial charge in [0.2, 0.25) is 0 Å². The number of aromatic nitrogens is 1. The SMILES string of the molecule is CCOc1ccc2[nH]c(=O)c(C(C)=O)cc2c1. The van der Waals surface area contributed by atoms with Crippen molar-refractivity contribution in [2.45, 2.75) is 13.8 Å². The normalized spacial score (nSPS) is 10.5. The van der Waals surface area contributed by atoms with Crippen LogP contribution in [-0.2, 0) is 0 Å². The first-order valence-corrected chi connectivity index (χ1v) is 5.42. The van der Waals surface area contributed by atoms with Crippen LogP contribution < -0.4 is 10.3 Å². The van der Waals surface area contributed by atoms with Crippen molar-refractivity contribution in [3.05, 3.63) is 40.2 Å². The summed E-state index contributed by atoms with van der Waals surface area (Å²) in [6.07, 6.45) is 0. The second-order valence-electron chi connectivity index (χ2n) is 3.75. The molecule has 0 aliphatic heterocycles. The Kier molecular flexibility index (Phi) is 2.95. The smallest absolute Gasteiger partial charge is 0.259 e. The molecule has 0 unspecified atom stereocenters. The summed E-state index contributed by atoms with van der Waals surface area (Å²) in [6, 6.07) is 6.96. The molecule has 0 atom stereocenters. The maximum absolute atomic E-state index is 11.6. The average Bonchev–Trinajstić information content (AvgIpc) is 2.28. The summed E-state index contributed by atoms with van der Waals surface area (Å²) in [6.45, 7) is 3.86. The highest BCUT2D eigenvalue weighted by atomic mass is 16.5. The van der Waals surface area contributed by atoms with Crippen LogP contribution in [0.25, 0.3) is 10.9 Å². The summed E-state index contributed by atoms with van der Waals surface area (Å²) in [4.78, 5) is 25.5. The van der Waals surface area contributed by atoms with Gasteiger partial charge in [-0.25, -0.2) is 0 Å². The van der Waals surface area contributed by atoms with Crippen molar-refractivity contribution in [2.24, 2.45) is 0 Å². The quantitative estimate of drug-likeness (QED) is 0.823. The molecule has 4 nitrogen and oxygen atoms in total. The zero-order chi connectivity index (χ0) is 12.4. The van der Waals surface area contributed by atoms with E-state index >= 15 is 0 Å². The van der Waals surface area contributed by atoms with E-state index in [0.29, 0.717) is 12.1 Å². The lowest BCUT2D eigenvalue weighted by molar-refractivity contribution is 0.101. The maximum atomic E-state index is 11.6. The van der Waals surface area contributed by atoms with E-state index < -0.39 is 0 Å². The monoisotopic (exact) mass is 231 g/mol. The number of pyridine rings is 1. The summed E-state index contributed by atoms with van der Waals surface area (Å²) in [7, 11) is 0. The number of Topliss-reactive ketones (excluding diaryl/α,β-unsaturated/α-hetero) is 1. The number of ether oxygens (including phenoxy) is 1. The fraction of sp³-hybridized carbons (Fsp3) is 0.231. The minimum Gasteiger partial charge on any atom is -0.494 e. The number of rotatable bonds is 3. The van der Waals surface area contributed by atoms with Crippen LogP contribution in [0.3, 0.4) is 0 Å². The van der Waals surface area contributed by atoms with Gasteiger partial charge >= 0.3 is 0 Å². The van der Waals surface area contributed by atoms with E-state index in [1.807, 2.05) is 6.92 Å². The highest BCUT2D eigenvalue weighted by Crippen LogP contribution is 2.19. The molecule has 17 heavy (non-hydrogen) atoms. The molecule has 0 aliphatic carbocycles. The van der Waals surface area contributed by atoms with E-state index in [1.165, 1.54) is 6.92 Å². The minimum absolute atomic E-state index is 0.172. The van der Waals surface area contributed by atoms with Gasteiger partial charge in [0.1, 0.15) is 5.75 Å².